The van der Waals surface area contributed by atoms with Gasteiger partial charge in [0.05, 0.1) is 21.7 Å². The molecule has 0 atom stereocenters. The summed E-state index contributed by atoms with van der Waals surface area (Å²) >= 11 is 14.4. The lowest BCUT2D eigenvalue weighted by atomic mass is 10.4. The van der Waals surface area contributed by atoms with Crippen LogP contribution in [-0.2, 0) is 11.3 Å². The van der Waals surface area contributed by atoms with E-state index in [-0.39, 0.29) is 0 Å². The van der Waals surface area contributed by atoms with E-state index in [0.29, 0.717) is 22.1 Å². The van der Waals surface area contributed by atoms with Crippen LogP contribution in [0.15, 0.2) is 20.4 Å². The minimum Gasteiger partial charge on any atom is -0.378 e. The maximum absolute atomic E-state index is 6.06. The monoisotopic (exact) mass is 396 g/mol. The normalized spacial score (nSPS) is 10.8. The molecule has 0 spiro atoms. The lowest BCUT2D eigenvalue weighted by Gasteiger charge is -2.06. The summed E-state index contributed by atoms with van der Waals surface area (Å²) in [6.45, 7) is 0.388. The summed E-state index contributed by atoms with van der Waals surface area (Å²) in [6, 6.07) is 1.95. The SMILES string of the molecule is COCc1nc(-c2sccc2Br)nc(Cl)c1Br. The highest BCUT2D eigenvalue weighted by atomic mass is 79.9. The van der Waals surface area contributed by atoms with Gasteiger partial charge in [0.25, 0.3) is 0 Å². The van der Waals surface area contributed by atoms with Crippen molar-refractivity contribution in [1.82, 2.24) is 9.97 Å². The summed E-state index contributed by atoms with van der Waals surface area (Å²) in [4.78, 5) is 9.65. The maximum atomic E-state index is 6.06. The van der Waals surface area contributed by atoms with Crippen LogP contribution in [0.25, 0.3) is 10.7 Å². The molecule has 2 rings (SSSR count). The zero-order chi connectivity index (χ0) is 12.4. The molecule has 7 heteroatoms. The quantitative estimate of drug-likeness (QED) is 0.713. The van der Waals surface area contributed by atoms with Crippen LogP contribution in [-0.4, -0.2) is 17.1 Å². The molecule has 0 amide bonds. The first-order valence-electron chi connectivity index (χ1n) is 4.57. The van der Waals surface area contributed by atoms with Crippen LogP contribution in [0.2, 0.25) is 5.15 Å². The Hall–Kier alpha value is -0.0100. The van der Waals surface area contributed by atoms with E-state index >= 15 is 0 Å². The molecule has 0 saturated carbocycles. The van der Waals surface area contributed by atoms with Gasteiger partial charge in [-0.05, 0) is 43.3 Å². The fraction of sp³-hybridized carbons (Fsp3) is 0.200. The van der Waals surface area contributed by atoms with Crippen LogP contribution < -0.4 is 0 Å². The Bertz CT molecular complexity index is 547. The lowest BCUT2D eigenvalue weighted by molar-refractivity contribution is 0.181. The average molecular weight is 399 g/mol. The number of rotatable bonds is 3. The van der Waals surface area contributed by atoms with E-state index in [1.54, 1.807) is 18.4 Å². The van der Waals surface area contributed by atoms with Gasteiger partial charge < -0.3 is 4.74 Å². The molecule has 0 bridgehead atoms. The average Bonchev–Trinajstić information content (AvgIpc) is 2.71. The third-order valence-corrected chi connectivity index (χ3v) is 5.15. The van der Waals surface area contributed by atoms with Gasteiger partial charge in [-0.15, -0.1) is 11.3 Å². The minimum atomic E-state index is 0.388. The molecule has 0 aliphatic heterocycles. The number of hydrogen-bond donors (Lipinski definition) is 0. The Morgan fingerprint density at radius 2 is 2.18 bits per heavy atom. The first-order chi connectivity index (χ1) is 8.13. The van der Waals surface area contributed by atoms with Crippen LogP contribution in [0.4, 0.5) is 0 Å². The number of methoxy groups -OCH3 is 1. The molecule has 0 radical (unpaired) electrons. The molecule has 0 aromatic carbocycles. The molecular weight excluding hydrogens is 391 g/mol. The first-order valence-corrected chi connectivity index (χ1v) is 7.42. The molecule has 0 unspecified atom stereocenters. The van der Waals surface area contributed by atoms with E-state index in [1.807, 2.05) is 11.4 Å². The molecule has 17 heavy (non-hydrogen) atoms. The highest BCUT2D eigenvalue weighted by molar-refractivity contribution is 9.11. The predicted molar refractivity (Wildman–Crippen MR) is 76.5 cm³/mol. The fourth-order valence-electron chi connectivity index (χ4n) is 1.25. The number of aromatic nitrogens is 2. The fourth-order valence-corrected chi connectivity index (χ4v) is 3.21. The summed E-state index contributed by atoms with van der Waals surface area (Å²) in [7, 11) is 1.61. The Balaban J connectivity index is 2.53. The van der Waals surface area contributed by atoms with Crippen molar-refractivity contribution in [2.45, 2.75) is 6.61 Å². The lowest BCUT2D eigenvalue weighted by Crippen LogP contribution is -1.99. The van der Waals surface area contributed by atoms with Crippen molar-refractivity contribution in [2.75, 3.05) is 7.11 Å². The summed E-state index contributed by atoms with van der Waals surface area (Å²) in [5, 5.41) is 2.36. The van der Waals surface area contributed by atoms with Crippen molar-refractivity contribution >= 4 is 54.8 Å². The van der Waals surface area contributed by atoms with Gasteiger partial charge in [-0.3, -0.25) is 0 Å². The van der Waals surface area contributed by atoms with E-state index < -0.39 is 0 Å². The molecule has 2 aromatic rings. The molecule has 2 heterocycles. The zero-order valence-corrected chi connectivity index (χ0v) is 13.5. The van der Waals surface area contributed by atoms with E-state index in [2.05, 4.69) is 41.8 Å². The molecule has 90 valence electrons. The second-order valence-corrected chi connectivity index (χ2v) is 6.05. The highest BCUT2D eigenvalue weighted by Gasteiger charge is 2.14. The number of ether oxygens (including phenoxy) is 1. The van der Waals surface area contributed by atoms with Gasteiger partial charge in [0.15, 0.2) is 5.82 Å². The van der Waals surface area contributed by atoms with Crippen molar-refractivity contribution in [2.24, 2.45) is 0 Å². The number of thiophene rings is 1. The van der Waals surface area contributed by atoms with Gasteiger partial charge >= 0.3 is 0 Å². The van der Waals surface area contributed by atoms with Crippen LogP contribution in [0.1, 0.15) is 5.69 Å². The molecule has 0 N–H and O–H groups in total. The second kappa shape index (κ2) is 5.75. The highest BCUT2D eigenvalue weighted by Crippen LogP contribution is 2.34. The second-order valence-electron chi connectivity index (χ2n) is 3.13. The topological polar surface area (TPSA) is 35.0 Å². The summed E-state index contributed by atoms with van der Waals surface area (Å²) in [5.41, 5.74) is 0.739. The molecule has 0 fully saturated rings. The Kier molecular flexibility index (Phi) is 4.54. The molecule has 3 nitrogen and oxygen atoms in total. The zero-order valence-electron chi connectivity index (χ0n) is 8.71. The molecule has 0 aliphatic carbocycles. The Morgan fingerprint density at radius 3 is 2.76 bits per heavy atom. The van der Waals surface area contributed by atoms with Crippen LogP contribution in [0, 0.1) is 0 Å². The summed E-state index contributed by atoms with van der Waals surface area (Å²) in [6.07, 6.45) is 0. The summed E-state index contributed by atoms with van der Waals surface area (Å²) in [5.74, 6) is 0.604. The predicted octanol–water partition coefficient (Wildman–Crippen LogP) is 4.53. The van der Waals surface area contributed by atoms with Gasteiger partial charge in [-0.1, -0.05) is 11.6 Å². The third kappa shape index (κ3) is 2.88. The number of nitrogens with zero attached hydrogens (tertiary/aromatic N) is 2. The standard InChI is InChI=1S/C10H7Br2ClN2OS/c1-16-4-6-7(12)9(13)15-10(14-6)8-5(11)2-3-17-8/h2-3H,4H2,1H3. The molecule has 0 aliphatic rings. The van der Waals surface area contributed by atoms with E-state index in [0.717, 1.165) is 15.0 Å². The van der Waals surface area contributed by atoms with E-state index in [4.69, 9.17) is 16.3 Å². The van der Waals surface area contributed by atoms with Gasteiger partial charge in [0.1, 0.15) is 5.15 Å². The van der Waals surface area contributed by atoms with Crippen LogP contribution in [0.5, 0.6) is 0 Å². The molecule has 2 aromatic heterocycles. The van der Waals surface area contributed by atoms with E-state index in [9.17, 15) is 0 Å². The van der Waals surface area contributed by atoms with Crippen molar-refractivity contribution < 1.29 is 4.74 Å². The number of hydrogen-bond acceptors (Lipinski definition) is 4. The van der Waals surface area contributed by atoms with Gasteiger partial charge in [-0.25, -0.2) is 9.97 Å². The third-order valence-electron chi connectivity index (χ3n) is 1.98. The van der Waals surface area contributed by atoms with Crippen molar-refractivity contribution in [3.63, 3.8) is 0 Å². The minimum absolute atomic E-state index is 0.388. The number of halogens is 3. The van der Waals surface area contributed by atoms with Crippen LogP contribution >= 0.6 is 54.8 Å². The summed E-state index contributed by atoms with van der Waals surface area (Å²) < 4.78 is 6.72. The molecule has 0 saturated heterocycles. The van der Waals surface area contributed by atoms with Crippen molar-refractivity contribution in [1.29, 1.82) is 0 Å². The van der Waals surface area contributed by atoms with Gasteiger partial charge in [0.2, 0.25) is 0 Å². The Morgan fingerprint density at radius 1 is 1.41 bits per heavy atom. The van der Waals surface area contributed by atoms with Crippen molar-refractivity contribution in [3.05, 3.63) is 31.2 Å². The van der Waals surface area contributed by atoms with Crippen LogP contribution in [0.3, 0.4) is 0 Å². The van der Waals surface area contributed by atoms with Gasteiger partial charge in [-0.2, -0.15) is 0 Å². The van der Waals surface area contributed by atoms with Gasteiger partial charge in [0, 0.05) is 11.6 Å². The first kappa shape index (κ1) is 13.4. The largest absolute Gasteiger partial charge is 0.378 e. The van der Waals surface area contributed by atoms with Crippen molar-refractivity contribution in [3.8, 4) is 10.7 Å². The van der Waals surface area contributed by atoms with E-state index in [1.165, 1.54) is 0 Å². The smallest absolute Gasteiger partial charge is 0.172 e. The Labute approximate surface area is 124 Å². The molecular formula is C10H7Br2ClN2OS. The maximum Gasteiger partial charge on any atom is 0.172 e.